The fourth-order valence-corrected chi connectivity index (χ4v) is 5.44. The van der Waals surface area contributed by atoms with Crippen LogP contribution in [0.15, 0.2) is 34.9 Å². The first-order chi connectivity index (χ1) is 12.7. The third-order valence-electron chi connectivity index (χ3n) is 5.67. The van der Waals surface area contributed by atoms with Crippen molar-refractivity contribution in [3.63, 3.8) is 0 Å². The molecule has 1 saturated heterocycles. The summed E-state index contributed by atoms with van der Waals surface area (Å²) in [6, 6.07) is 10.7. The third kappa shape index (κ3) is 3.10. The van der Waals surface area contributed by atoms with E-state index in [0.29, 0.717) is 19.1 Å². The Bertz CT molecular complexity index is 762. The maximum absolute atomic E-state index is 12.9. The van der Waals surface area contributed by atoms with Gasteiger partial charge in [-0.15, -0.1) is 0 Å². The Kier molecular flexibility index (Phi) is 4.92. The molecule has 6 heteroatoms. The summed E-state index contributed by atoms with van der Waals surface area (Å²) < 4.78 is 5.22. The van der Waals surface area contributed by atoms with Gasteiger partial charge in [-0.25, -0.2) is 0 Å². The van der Waals surface area contributed by atoms with Crippen molar-refractivity contribution < 1.29 is 9.53 Å². The maximum Gasteiger partial charge on any atom is 0.229 e. The number of thioether (sulfide) groups is 1. The van der Waals surface area contributed by atoms with Gasteiger partial charge in [0.05, 0.1) is 36.3 Å². The smallest absolute Gasteiger partial charge is 0.229 e. The number of rotatable bonds is 3. The molecule has 3 aliphatic rings. The Balaban J connectivity index is 1.61. The second-order valence-electron chi connectivity index (χ2n) is 7.12. The molecule has 1 aromatic rings. The van der Waals surface area contributed by atoms with Crippen molar-refractivity contribution in [2.24, 2.45) is 0 Å². The first-order valence-corrected chi connectivity index (χ1v) is 10.1. The molecule has 0 bridgehead atoms. The molecule has 136 valence electrons. The molecule has 1 amide bonds. The average Bonchev–Trinajstić information content (AvgIpc) is 3.22. The van der Waals surface area contributed by atoms with Gasteiger partial charge in [0.25, 0.3) is 0 Å². The van der Waals surface area contributed by atoms with Crippen LogP contribution in [0.5, 0.6) is 5.75 Å². The highest BCUT2D eigenvalue weighted by atomic mass is 32.2. The van der Waals surface area contributed by atoms with E-state index in [-0.39, 0.29) is 11.8 Å². The van der Waals surface area contributed by atoms with Gasteiger partial charge in [-0.3, -0.25) is 14.6 Å². The molecule has 2 fully saturated rings. The lowest BCUT2D eigenvalue weighted by atomic mass is 9.86. The number of allylic oxidation sites excluding steroid dienone is 1. The van der Waals surface area contributed by atoms with Crippen molar-refractivity contribution in [2.45, 2.75) is 44.1 Å². The highest BCUT2D eigenvalue weighted by Crippen LogP contribution is 2.43. The minimum Gasteiger partial charge on any atom is -0.497 e. The van der Waals surface area contributed by atoms with E-state index in [9.17, 15) is 10.1 Å². The van der Waals surface area contributed by atoms with Crippen LogP contribution in [0, 0.1) is 11.3 Å². The van der Waals surface area contributed by atoms with Gasteiger partial charge in [0.1, 0.15) is 5.75 Å². The summed E-state index contributed by atoms with van der Waals surface area (Å²) in [5, 5.41) is 10.7. The number of fused-ring (bicyclic) bond motifs is 1. The van der Waals surface area contributed by atoms with E-state index >= 15 is 0 Å². The van der Waals surface area contributed by atoms with Crippen LogP contribution in [-0.4, -0.2) is 41.4 Å². The zero-order valence-electron chi connectivity index (χ0n) is 15.0. The van der Waals surface area contributed by atoms with Crippen LogP contribution >= 0.6 is 11.8 Å². The minimum absolute atomic E-state index is 0.120. The fraction of sp³-hybridized carbons (Fsp3) is 0.500. The summed E-state index contributed by atoms with van der Waals surface area (Å²) in [6.45, 7) is 0.631. The molecular formula is C20H23N3O2S. The van der Waals surface area contributed by atoms with Gasteiger partial charge in [0.15, 0.2) is 0 Å². The van der Waals surface area contributed by atoms with Gasteiger partial charge in [-0.2, -0.15) is 5.26 Å². The quantitative estimate of drug-likeness (QED) is 0.814. The number of carbonyl (C=O) groups is 1. The molecule has 1 saturated carbocycles. The Morgan fingerprint density at radius 3 is 2.62 bits per heavy atom. The Hall–Kier alpha value is -1.97. The Labute approximate surface area is 158 Å². The summed E-state index contributed by atoms with van der Waals surface area (Å²) in [5.41, 5.74) is 1.73. The van der Waals surface area contributed by atoms with E-state index in [2.05, 4.69) is 11.0 Å². The van der Waals surface area contributed by atoms with Crippen LogP contribution in [0.2, 0.25) is 0 Å². The maximum atomic E-state index is 12.9. The lowest BCUT2D eigenvalue weighted by Crippen LogP contribution is -2.50. The highest BCUT2D eigenvalue weighted by Gasteiger charge is 2.39. The topological polar surface area (TPSA) is 56.6 Å². The standard InChI is InChI=1S/C20H23N3O2S/c1-25-16-8-6-14(7-9-16)17-10-19(24)23-12-22(15-4-2-3-5-15)13-26-20(23)18(17)11-21/h6-9,15,17H,2-5,10,12-13H2,1H3/t17-/m0/s1. The van der Waals surface area contributed by atoms with Crippen molar-refractivity contribution in [1.29, 1.82) is 5.26 Å². The second kappa shape index (κ2) is 7.34. The second-order valence-corrected chi connectivity index (χ2v) is 8.06. The van der Waals surface area contributed by atoms with Crippen molar-refractivity contribution in [1.82, 2.24) is 9.80 Å². The lowest BCUT2D eigenvalue weighted by molar-refractivity contribution is -0.132. The van der Waals surface area contributed by atoms with Gasteiger partial charge in [0, 0.05) is 18.4 Å². The van der Waals surface area contributed by atoms with E-state index in [4.69, 9.17) is 4.74 Å². The number of benzene rings is 1. The number of nitrogens with zero attached hydrogens (tertiary/aromatic N) is 3. The number of amides is 1. The van der Waals surface area contributed by atoms with Crippen LogP contribution in [0.4, 0.5) is 0 Å². The first-order valence-electron chi connectivity index (χ1n) is 9.16. The van der Waals surface area contributed by atoms with Crippen LogP contribution < -0.4 is 4.74 Å². The van der Waals surface area contributed by atoms with E-state index in [1.54, 1.807) is 18.9 Å². The summed E-state index contributed by atoms with van der Waals surface area (Å²) in [7, 11) is 1.63. The van der Waals surface area contributed by atoms with Gasteiger partial charge in [-0.1, -0.05) is 36.7 Å². The van der Waals surface area contributed by atoms with Crippen molar-refractivity contribution in [3.05, 3.63) is 40.4 Å². The van der Waals surface area contributed by atoms with Crippen molar-refractivity contribution in [3.8, 4) is 11.8 Å². The Morgan fingerprint density at radius 2 is 1.96 bits per heavy atom. The monoisotopic (exact) mass is 369 g/mol. The van der Waals surface area contributed by atoms with Gasteiger partial charge in [-0.05, 0) is 30.5 Å². The Morgan fingerprint density at radius 1 is 1.23 bits per heavy atom. The zero-order valence-corrected chi connectivity index (χ0v) is 15.8. The number of hydrogen-bond donors (Lipinski definition) is 0. The molecule has 0 spiro atoms. The van der Waals surface area contributed by atoms with Crippen LogP contribution in [-0.2, 0) is 4.79 Å². The number of methoxy groups -OCH3 is 1. The van der Waals surface area contributed by atoms with E-state index in [1.807, 2.05) is 29.2 Å². The molecule has 26 heavy (non-hydrogen) atoms. The number of nitriles is 1. The normalized spacial score (nSPS) is 24.5. The molecule has 0 N–H and O–H groups in total. The lowest BCUT2D eigenvalue weighted by Gasteiger charge is -2.43. The van der Waals surface area contributed by atoms with Crippen LogP contribution in [0.1, 0.15) is 43.6 Å². The summed E-state index contributed by atoms with van der Waals surface area (Å²) in [5.74, 6) is 1.61. The van der Waals surface area contributed by atoms with Gasteiger partial charge < -0.3 is 4.74 Å². The summed E-state index contributed by atoms with van der Waals surface area (Å²) in [4.78, 5) is 17.1. The van der Waals surface area contributed by atoms with E-state index < -0.39 is 0 Å². The molecule has 4 rings (SSSR count). The fourth-order valence-electron chi connectivity index (χ4n) is 4.20. The highest BCUT2D eigenvalue weighted by molar-refractivity contribution is 8.03. The number of hydrogen-bond acceptors (Lipinski definition) is 5. The predicted octanol–water partition coefficient (Wildman–Crippen LogP) is 3.65. The third-order valence-corrected chi connectivity index (χ3v) is 6.85. The van der Waals surface area contributed by atoms with Crippen molar-refractivity contribution in [2.75, 3.05) is 19.7 Å². The zero-order chi connectivity index (χ0) is 18.1. The molecule has 2 heterocycles. The van der Waals surface area contributed by atoms with Crippen LogP contribution in [0.25, 0.3) is 0 Å². The van der Waals surface area contributed by atoms with Crippen LogP contribution in [0.3, 0.4) is 0 Å². The van der Waals surface area contributed by atoms with E-state index in [1.165, 1.54) is 25.7 Å². The van der Waals surface area contributed by atoms with Crippen molar-refractivity contribution >= 4 is 17.7 Å². The molecule has 1 aliphatic carbocycles. The number of ether oxygens (including phenoxy) is 1. The molecule has 1 atom stereocenters. The molecule has 5 nitrogen and oxygen atoms in total. The minimum atomic E-state index is -0.157. The predicted molar refractivity (Wildman–Crippen MR) is 101 cm³/mol. The first kappa shape index (κ1) is 17.4. The summed E-state index contributed by atoms with van der Waals surface area (Å²) >= 11 is 1.65. The molecule has 1 aromatic carbocycles. The largest absolute Gasteiger partial charge is 0.497 e. The molecular weight excluding hydrogens is 346 g/mol. The molecule has 0 aromatic heterocycles. The van der Waals surface area contributed by atoms with E-state index in [0.717, 1.165) is 27.8 Å². The van der Waals surface area contributed by atoms with Gasteiger partial charge in [0.2, 0.25) is 5.91 Å². The average molecular weight is 369 g/mol. The SMILES string of the molecule is COc1ccc([C@@H]2CC(=O)N3CN(C4CCCC4)CSC3=C2C#N)cc1. The molecule has 0 radical (unpaired) electrons. The molecule has 0 unspecified atom stereocenters. The van der Waals surface area contributed by atoms with Gasteiger partial charge >= 0.3 is 0 Å². The summed E-state index contributed by atoms with van der Waals surface area (Å²) in [6.07, 6.45) is 5.37. The molecule has 2 aliphatic heterocycles. The number of carbonyl (C=O) groups excluding carboxylic acids is 1.